The van der Waals surface area contributed by atoms with E-state index in [2.05, 4.69) is 31.9 Å². The van der Waals surface area contributed by atoms with Gasteiger partial charge in [-0.2, -0.15) is 0 Å². The van der Waals surface area contributed by atoms with Gasteiger partial charge in [0, 0.05) is 11.1 Å². The molecule has 0 aromatic rings. The number of alkyl halides is 2. The molecule has 1 atom stereocenters. The second-order valence-corrected chi connectivity index (χ2v) is 7.68. The lowest BCUT2D eigenvalue weighted by Crippen LogP contribution is -2.19. The Hall–Kier alpha value is 0.850. The van der Waals surface area contributed by atoms with E-state index in [1.165, 1.54) is 0 Å². The maximum Gasteiger partial charge on any atom is 0.354 e. The van der Waals surface area contributed by atoms with E-state index in [0.29, 0.717) is 13.2 Å². The van der Waals surface area contributed by atoms with E-state index >= 15 is 0 Å². The number of rotatable bonds is 7. The Morgan fingerprint density at radius 2 is 1.81 bits per heavy atom. The average Bonchev–Trinajstić information content (AvgIpc) is 2.18. The highest BCUT2D eigenvalue weighted by atomic mass is 79.9. The van der Waals surface area contributed by atoms with Gasteiger partial charge in [-0.15, -0.1) is 0 Å². The van der Waals surface area contributed by atoms with E-state index in [-0.39, 0.29) is 4.32 Å². The van der Waals surface area contributed by atoms with Gasteiger partial charge in [0.25, 0.3) is 0 Å². The van der Waals surface area contributed by atoms with Crippen LogP contribution in [0.4, 0.5) is 0 Å². The SMILES string of the molecule is CCOP(=O)(/C=C(\C)C(C)(Br)CBr)OCC. The molecule has 3 nitrogen and oxygen atoms in total. The molecule has 0 radical (unpaired) electrons. The third-order valence-corrected chi connectivity index (χ3v) is 6.76. The van der Waals surface area contributed by atoms with Crippen LogP contribution < -0.4 is 0 Å². The molecular formula is C10H19Br2O3P. The van der Waals surface area contributed by atoms with Crippen LogP contribution in [0.2, 0.25) is 0 Å². The highest BCUT2D eigenvalue weighted by molar-refractivity contribution is 9.12. The minimum atomic E-state index is -3.10. The lowest BCUT2D eigenvalue weighted by atomic mass is 10.1. The van der Waals surface area contributed by atoms with Crippen LogP contribution in [-0.2, 0) is 13.6 Å². The van der Waals surface area contributed by atoms with Crippen LogP contribution in [-0.4, -0.2) is 22.9 Å². The van der Waals surface area contributed by atoms with Crippen LogP contribution >= 0.6 is 39.5 Å². The highest BCUT2D eigenvalue weighted by Gasteiger charge is 2.27. The average molecular weight is 378 g/mol. The van der Waals surface area contributed by atoms with Crippen molar-refractivity contribution in [3.8, 4) is 0 Å². The Kier molecular flexibility index (Phi) is 7.71. The van der Waals surface area contributed by atoms with Gasteiger partial charge in [0.2, 0.25) is 0 Å². The van der Waals surface area contributed by atoms with Gasteiger partial charge in [0.05, 0.1) is 17.5 Å². The van der Waals surface area contributed by atoms with E-state index in [0.717, 1.165) is 10.9 Å². The fourth-order valence-corrected chi connectivity index (χ4v) is 3.39. The molecular weight excluding hydrogens is 359 g/mol. The third kappa shape index (κ3) is 5.46. The molecule has 6 heteroatoms. The zero-order chi connectivity index (χ0) is 12.8. The van der Waals surface area contributed by atoms with Gasteiger partial charge >= 0.3 is 7.60 Å². The first-order chi connectivity index (χ1) is 7.31. The molecule has 0 rings (SSSR count). The smallest absolute Gasteiger partial charge is 0.306 e. The Labute approximate surface area is 115 Å². The van der Waals surface area contributed by atoms with Gasteiger partial charge in [0.1, 0.15) is 0 Å². The summed E-state index contributed by atoms with van der Waals surface area (Å²) in [4.78, 5) is 0. The molecule has 0 fully saturated rings. The molecule has 0 aromatic carbocycles. The Bertz CT molecular complexity index is 280. The van der Waals surface area contributed by atoms with Gasteiger partial charge in [-0.3, -0.25) is 4.57 Å². The van der Waals surface area contributed by atoms with Crippen LogP contribution in [0, 0.1) is 0 Å². The molecule has 0 N–H and O–H groups in total. The van der Waals surface area contributed by atoms with Crippen molar-refractivity contribution in [1.29, 1.82) is 0 Å². The highest BCUT2D eigenvalue weighted by Crippen LogP contribution is 2.52. The molecule has 16 heavy (non-hydrogen) atoms. The van der Waals surface area contributed by atoms with Crippen LogP contribution in [0.5, 0.6) is 0 Å². The molecule has 96 valence electrons. The normalized spacial score (nSPS) is 17.2. The summed E-state index contributed by atoms with van der Waals surface area (Å²) in [6, 6.07) is 0. The Morgan fingerprint density at radius 3 is 2.12 bits per heavy atom. The van der Waals surface area contributed by atoms with Crippen LogP contribution in [0.1, 0.15) is 27.7 Å². The maximum absolute atomic E-state index is 12.2. The van der Waals surface area contributed by atoms with Crippen molar-refractivity contribution >= 4 is 39.5 Å². The largest absolute Gasteiger partial charge is 0.354 e. The Balaban J connectivity index is 4.98. The molecule has 0 saturated heterocycles. The van der Waals surface area contributed by atoms with Crippen molar-refractivity contribution in [2.24, 2.45) is 0 Å². The second kappa shape index (κ2) is 7.32. The van der Waals surface area contributed by atoms with E-state index in [9.17, 15) is 4.57 Å². The predicted octanol–water partition coefficient (Wildman–Crippen LogP) is 4.70. The molecule has 0 aliphatic carbocycles. The molecule has 0 amide bonds. The summed E-state index contributed by atoms with van der Waals surface area (Å²) < 4.78 is 22.4. The molecule has 0 spiro atoms. The van der Waals surface area contributed by atoms with Crippen molar-refractivity contribution in [1.82, 2.24) is 0 Å². The van der Waals surface area contributed by atoms with Gasteiger partial charge in [-0.05, 0) is 33.3 Å². The molecule has 0 bridgehead atoms. The van der Waals surface area contributed by atoms with E-state index < -0.39 is 7.60 Å². The van der Waals surface area contributed by atoms with E-state index in [4.69, 9.17) is 9.05 Å². The first-order valence-electron chi connectivity index (χ1n) is 5.15. The van der Waals surface area contributed by atoms with Crippen LogP contribution in [0.25, 0.3) is 0 Å². The van der Waals surface area contributed by atoms with Crippen LogP contribution in [0.3, 0.4) is 0 Å². The summed E-state index contributed by atoms with van der Waals surface area (Å²) >= 11 is 6.95. The second-order valence-electron chi connectivity index (χ2n) is 3.52. The van der Waals surface area contributed by atoms with Gasteiger partial charge in [0.15, 0.2) is 0 Å². The number of hydrogen-bond acceptors (Lipinski definition) is 3. The lowest BCUT2D eigenvalue weighted by Gasteiger charge is -2.22. The zero-order valence-electron chi connectivity index (χ0n) is 10.1. The molecule has 0 aliphatic rings. The van der Waals surface area contributed by atoms with Crippen molar-refractivity contribution in [3.05, 3.63) is 11.4 Å². The Morgan fingerprint density at radius 1 is 1.38 bits per heavy atom. The fraction of sp³-hybridized carbons (Fsp3) is 0.800. The van der Waals surface area contributed by atoms with Gasteiger partial charge < -0.3 is 9.05 Å². The van der Waals surface area contributed by atoms with Crippen molar-refractivity contribution in [3.63, 3.8) is 0 Å². The summed E-state index contributed by atoms with van der Waals surface area (Å²) in [6.45, 7) is 8.23. The first-order valence-corrected chi connectivity index (χ1v) is 8.67. The van der Waals surface area contributed by atoms with Gasteiger partial charge in [-0.25, -0.2) is 0 Å². The van der Waals surface area contributed by atoms with E-state index in [1.807, 2.05) is 13.8 Å². The van der Waals surface area contributed by atoms with Crippen molar-refractivity contribution in [2.45, 2.75) is 32.0 Å². The monoisotopic (exact) mass is 376 g/mol. The summed E-state index contributed by atoms with van der Waals surface area (Å²) in [7, 11) is -3.10. The molecule has 0 saturated carbocycles. The topological polar surface area (TPSA) is 35.5 Å². The molecule has 0 aromatic heterocycles. The summed E-state index contributed by atoms with van der Waals surface area (Å²) in [6.07, 6.45) is 0. The van der Waals surface area contributed by atoms with Crippen molar-refractivity contribution in [2.75, 3.05) is 18.5 Å². The number of halogens is 2. The lowest BCUT2D eigenvalue weighted by molar-refractivity contribution is 0.228. The zero-order valence-corrected chi connectivity index (χ0v) is 14.2. The van der Waals surface area contributed by atoms with E-state index in [1.54, 1.807) is 19.7 Å². The van der Waals surface area contributed by atoms with Gasteiger partial charge in [-0.1, -0.05) is 31.9 Å². The summed E-state index contributed by atoms with van der Waals surface area (Å²) in [5, 5.41) is 0.723. The molecule has 0 aliphatic heterocycles. The van der Waals surface area contributed by atoms with Crippen LogP contribution in [0.15, 0.2) is 11.4 Å². The summed E-state index contributed by atoms with van der Waals surface area (Å²) in [5.41, 5.74) is 0.926. The summed E-state index contributed by atoms with van der Waals surface area (Å²) in [5.74, 6) is 1.59. The molecule has 0 heterocycles. The number of allylic oxidation sites excluding steroid dienone is 1. The fourth-order valence-electron chi connectivity index (χ4n) is 0.949. The number of hydrogen-bond donors (Lipinski definition) is 0. The predicted molar refractivity (Wildman–Crippen MR) is 75.7 cm³/mol. The van der Waals surface area contributed by atoms with Crippen molar-refractivity contribution < 1.29 is 13.6 Å². The molecule has 1 unspecified atom stereocenters. The maximum atomic E-state index is 12.2. The first kappa shape index (κ1) is 16.9. The third-order valence-electron chi connectivity index (χ3n) is 2.04. The standard InChI is InChI=1S/C10H19Br2O3P/c1-5-14-16(13,15-6-2)7-9(3)10(4,12)8-11/h7H,5-6,8H2,1-4H3/b9-7+. The minimum Gasteiger partial charge on any atom is -0.306 e. The quantitative estimate of drug-likeness (QED) is 0.476. The minimum absolute atomic E-state index is 0.239.